The van der Waals surface area contributed by atoms with E-state index in [9.17, 15) is 9.18 Å². The van der Waals surface area contributed by atoms with E-state index in [4.69, 9.17) is 4.74 Å². The van der Waals surface area contributed by atoms with E-state index in [0.717, 1.165) is 24.0 Å². The molecule has 40 heavy (non-hydrogen) atoms. The molecule has 0 saturated carbocycles. The zero-order chi connectivity index (χ0) is 30.5. The van der Waals surface area contributed by atoms with Gasteiger partial charge in [0.05, 0.1) is 18.0 Å². The van der Waals surface area contributed by atoms with Crippen LogP contribution in [0.15, 0.2) is 77.8 Å². The Kier molecular flexibility index (Phi) is 19.5. The molecular formula is C35H51FN2O2. The van der Waals surface area contributed by atoms with Gasteiger partial charge in [0.1, 0.15) is 11.6 Å². The number of rotatable bonds is 9. The maximum absolute atomic E-state index is 13.4. The van der Waals surface area contributed by atoms with Crippen molar-refractivity contribution in [2.24, 2.45) is 0 Å². The van der Waals surface area contributed by atoms with E-state index in [1.165, 1.54) is 42.1 Å². The molecule has 0 atom stereocenters. The van der Waals surface area contributed by atoms with Crippen LogP contribution in [0.1, 0.15) is 104 Å². The minimum atomic E-state index is -0.316. The SMILES string of the molecule is C=C(/C(=C(\C)OCCCC)c1ccc(=O)n(-c2ccccc2C)n1)c1ccc(F)cc1.CC.CCC.CCCC. The standard InChI is InChI=1S/C26H27FN2O2.C4H10.C3H8.C2H6/c1-5-6-17-31-20(4)26(19(3)21-11-13-22(27)14-12-21)23-15-16-25(30)29(28-23)24-10-8-7-9-18(24)2;1-3-4-2;1-3-2;1-2/h7-16H,3,5-6,17H2,1-2,4H3;3-4H2,1-2H3;3H2,1-2H3;1-2H3/b26-20-;;;. The molecule has 0 spiro atoms. The van der Waals surface area contributed by atoms with Gasteiger partial charge in [0.2, 0.25) is 0 Å². The predicted octanol–water partition coefficient (Wildman–Crippen LogP) is 10.2. The molecule has 0 bridgehead atoms. The molecule has 1 aromatic heterocycles. The highest BCUT2D eigenvalue weighted by atomic mass is 19.1. The fourth-order valence-electron chi connectivity index (χ4n) is 3.30. The third-order valence-corrected chi connectivity index (χ3v) is 5.56. The smallest absolute Gasteiger partial charge is 0.271 e. The molecule has 0 saturated heterocycles. The van der Waals surface area contributed by atoms with Gasteiger partial charge < -0.3 is 4.74 Å². The molecule has 0 N–H and O–H groups in total. The molecule has 0 aliphatic carbocycles. The van der Waals surface area contributed by atoms with Crippen molar-refractivity contribution >= 4 is 11.1 Å². The fourth-order valence-corrected chi connectivity index (χ4v) is 3.30. The normalized spacial score (nSPS) is 10.4. The lowest BCUT2D eigenvalue weighted by Gasteiger charge is -2.17. The first kappa shape index (κ1) is 36.5. The van der Waals surface area contributed by atoms with E-state index in [2.05, 4.69) is 46.3 Å². The lowest BCUT2D eigenvalue weighted by molar-refractivity contribution is 0.211. The monoisotopic (exact) mass is 550 g/mol. The molecule has 2 aromatic carbocycles. The second kappa shape index (κ2) is 21.4. The Morgan fingerprint density at radius 2 is 1.48 bits per heavy atom. The van der Waals surface area contributed by atoms with Crippen LogP contribution >= 0.6 is 0 Å². The zero-order valence-corrected chi connectivity index (χ0v) is 26.3. The molecule has 0 unspecified atom stereocenters. The topological polar surface area (TPSA) is 44.1 Å². The molecule has 0 radical (unpaired) electrons. The van der Waals surface area contributed by atoms with Crippen molar-refractivity contribution < 1.29 is 9.13 Å². The van der Waals surface area contributed by atoms with Crippen LogP contribution in [-0.2, 0) is 4.74 Å². The Morgan fingerprint density at radius 3 is 2.00 bits per heavy atom. The number of aromatic nitrogens is 2. The maximum atomic E-state index is 13.4. The number of aryl methyl sites for hydroxylation is 1. The quantitative estimate of drug-likeness (QED) is 0.151. The summed E-state index contributed by atoms with van der Waals surface area (Å²) in [6.07, 6.45) is 5.82. The van der Waals surface area contributed by atoms with Crippen LogP contribution in [0.25, 0.3) is 16.8 Å². The summed E-state index contributed by atoms with van der Waals surface area (Å²) in [4.78, 5) is 12.6. The van der Waals surface area contributed by atoms with Crippen LogP contribution in [0.3, 0.4) is 0 Å². The van der Waals surface area contributed by atoms with Crippen LogP contribution in [0, 0.1) is 12.7 Å². The van der Waals surface area contributed by atoms with Gasteiger partial charge in [-0.05, 0) is 61.2 Å². The number of unbranched alkanes of at least 4 members (excludes halogenated alkanes) is 2. The Labute approximate surface area is 242 Å². The average Bonchev–Trinajstić information content (AvgIpc) is 2.96. The first-order chi connectivity index (χ1) is 19.2. The van der Waals surface area contributed by atoms with E-state index in [-0.39, 0.29) is 11.4 Å². The lowest BCUT2D eigenvalue weighted by atomic mass is 9.96. The number of benzene rings is 2. The number of halogens is 1. The third kappa shape index (κ3) is 12.1. The minimum absolute atomic E-state index is 0.227. The molecule has 0 fully saturated rings. The van der Waals surface area contributed by atoms with Crippen LogP contribution in [-0.4, -0.2) is 16.4 Å². The van der Waals surface area contributed by atoms with Gasteiger partial charge in [0.15, 0.2) is 0 Å². The molecule has 220 valence electrons. The lowest BCUT2D eigenvalue weighted by Crippen LogP contribution is -2.22. The summed E-state index contributed by atoms with van der Waals surface area (Å²) < 4.78 is 20.8. The van der Waals surface area contributed by atoms with E-state index in [0.29, 0.717) is 34.9 Å². The first-order valence-electron chi connectivity index (χ1n) is 14.7. The number of nitrogens with zero attached hydrogens (tertiary/aromatic N) is 2. The van der Waals surface area contributed by atoms with Crippen molar-refractivity contribution in [3.8, 4) is 5.69 Å². The molecule has 3 aromatic rings. The number of hydrogen-bond donors (Lipinski definition) is 0. The van der Waals surface area contributed by atoms with E-state index in [1.807, 2.05) is 52.0 Å². The van der Waals surface area contributed by atoms with Crippen LogP contribution in [0.5, 0.6) is 0 Å². The minimum Gasteiger partial charge on any atom is -0.498 e. The summed E-state index contributed by atoms with van der Waals surface area (Å²) in [7, 11) is 0. The molecule has 4 nitrogen and oxygen atoms in total. The Bertz CT molecular complexity index is 1210. The summed E-state index contributed by atoms with van der Waals surface area (Å²) in [5.74, 6) is 0.342. The van der Waals surface area contributed by atoms with Crippen molar-refractivity contribution in [2.45, 2.75) is 94.4 Å². The zero-order valence-electron chi connectivity index (χ0n) is 26.3. The van der Waals surface area contributed by atoms with Gasteiger partial charge in [-0.3, -0.25) is 4.79 Å². The molecule has 0 aliphatic heterocycles. The van der Waals surface area contributed by atoms with Gasteiger partial charge in [0, 0.05) is 11.6 Å². The van der Waals surface area contributed by atoms with Crippen molar-refractivity contribution in [3.05, 3.63) is 106 Å². The van der Waals surface area contributed by atoms with E-state index >= 15 is 0 Å². The third-order valence-electron chi connectivity index (χ3n) is 5.56. The van der Waals surface area contributed by atoms with E-state index < -0.39 is 0 Å². The molecule has 0 amide bonds. The van der Waals surface area contributed by atoms with Gasteiger partial charge in [-0.15, -0.1) is 0 Å². The van der Waals surface area contributed by atoms with Crippen LogP contribution in [0.2, 0.25) is 0 Å². The first-order valence-corrected chi connectivity index (χ1v) is 14.7. The van der Waals surface area contributed by atoms with E-state index in [1.54, 1.807) is 18.2 Å². The highest BCUT2D eigenvalue weighted by molar-refractivity contribution is 6.03. The summed E-state index contributed by atoms with van der Waals surface area (Å²) >= 11 is 0. The molecule has 3 rings (SSSR count). The average molecular weight is 551 g/mol. The molecule has 5 heteroatoms. The van der Waals surface area contributed by atoms with Gasteiger partial charge in [-0.25, -0.2) is 4.39 Å². The number of hydrogen-bond acceptors (Lipinski definition) is 3. The van der Waals surface area contributed by atoms with Gasteiger partial charge >= 0.3 is 0 Å². The Hall–Kier alpha value is -3.47. The summed E-state index contributed by atoms with van der Waals surface area (Å²) in [5, 5.41) is 4.65. The second-order valence-electron chi connectivity index (χ2n) is 9.08. The highest BCUT2D eigenvalue weighted by Gasteiger charge is 2.17. The van der Waals surface area contributed by atoms with Gasteiger partial charge in [-0.2, -0.15) is 9.78 Å². The van der Waals surface area contributed by atoms with Crippen molar-refractivity contribution in [3.63, 3.8) is 0 Å². The van der Waals surface area contributed by atoms with Crippen molar-refractivity contribution in [1.82, 2.24) is 9.78 Å². The molecule has 1 heterocycles. The van der Waals surface area contributed by atoms with Gasteiger partial charge in [-0.1, -0.05) is 111 Å². The fraction of sp³-hybridized carbons (Fsp3) is 0.429. The van der Waals surface area contributed by atoms with Crippen LogP contribution < -0.4 is 5.56 Å². The Morgan fingerprint density at radius 1 is 0.900 bits per heavy atom. The maximum Gasteiger partial charge on any atom is 0.271 e. The summed E-state index contributed by atoms with van der Waals surface area (Å²) in [6, 6.07) is 16.9. The van der Waals surface area contributed by atoms with Crippen molar-refractivity contribution in [2.75, 3.05) is 6.61 Å². The second-order valence-corrected chi connectivity index (χ2v) is 9.08. The van der Waals surface area contributed by atoms with Crippen molar-refractivity contribution in [1.29, 1.82) is 0 Å². The highest BCUT2D eigenvalue weighted by Crippen LogP contribution is 2.32. The molecular weight excluding hydrogens is 499 g/mol. The van der Waals surface area contributed by atoms with Crippen LogP contribution in [0.4, 0.5) is 4.39 Å². The number of para-hydroxylation sites is 1. The summed E-state index contributed by atoms with van der Waals surface area (Å²) in [5.41, 5.74) is 4.08. The number of allylic oxidation sites excluding steroid dienone is 3. The molecule has 0 aliphatic rings. The predicted molar refractivity (Wildman–Crippen MR) is 171 cm³/mol. The Balaban J connectivity index is 0.00000149. The largest absolute Gasteiger partial charge is 0.498 e. The summed E-state index contributed by atoms with van der Waals surface area (Å²) in [6.45, 7) is 23.3. The number of ether oxygens (including phenoxy) is 1. The van der Waals surface area contributed by atoms with Gasteiger partial charge in [0.25, 0.3) is 5.56 Å².